The summed E-state index contributed by atoms with van der Waals surface area (Å²) < 4.78 is 2.11. The van der Waals surface area contributed by atoms with Crippen molar-refractivity contribution in [1.29, 1.82) is 0 Å². The number of rotatable bonds is 3. The molecule has 1 fully saturated rings. The minimum atomic E-state index is 0.592. The third-order valence-electron chi connectivity index (χ3n) is 2.90. The Morgan fingerprint density at radius 3 is 2.93 bits per heavy atom. The second-order valence-corrected chi connectivity index (χ2v) is 3.94. The number of hydrogen-bond donors (Lipinski definition) is 1. The predicted octanol–water partition coefficient (Wildman–Crippen LogP) is 1.50. The number of hydrogen-bond acceptors (Lipinski definition) is 3. The third-order valence-corrected chi connectivity index (χ3v) is 2.90. The van der Waals surface area contributed by atoms with Gasteiger partial charge >= 0.3 is 0 Å². The van der Waals surface area contributed by atoms with E-state index in [1.54, 1.807) is 6.33 Å². The highest BCUT2D eigenvalue weighted by atomic mass is 15.4. The van der Waals surface area contributed by atoms with Crippen LogP contribution < -0.4 is 5.32 Å². The lowest BCUT2D eigenvalue weighted by molar-refractivity contribution is 0.319. The van der Waals surface area contributed by atoms with Gasteiger partial charge in [-0.2, -0.15) is 5.10 Å². The summed E-state index contributed by atoms with van der Waals surface area (Å²) in [6, 6.07) is 0.592. The molecule has 4 heteroatoms. The fraction of sp³-hybridized carbons (Fsp3) is 0.800. The lowest BCUT2D eigenvalue weighted by Gasteiger charge is -2.23. The van der Waals surface area contributed by atoms with E-state index in [9.17, 15) is 0 Å². The number of nitrogens with zero attached hydrogens (tertiary/aromatic N) is 3. The molecule has 1 heterocycles. The maximum absolute atomic E-state index is 4.32. The summed E-state index contributed by atoms with van der Waals surface area (Å²) in [7, 11) is 1.94. The first-order chi connectivity index (χ1) is 6.92. The zero-order valence-corrected chi connectivity index (χ0v) is 8.74. The molecule has 2 rings (SSSR count). The first-order valence-corrected chi connectivity index (χ1v) is 5.45. The Morgan fingerprint density at radius 2 is 2.21 bits per heavy atom. The molecule has 1 saturated carbocycles. The molecule has 0 radical (unpaired) electrons. The van der Waals surface area contributed by atoms with E-state index in [-0.39, 0.29) is 0 Å². The average Bonchev–Trinajstić information content (AvgIpc) is 2.68. The van der Waals surface area contributed by atoms with Gasteiger partial charge in [0.25, 0.3) is 0 Å². The van der Waals surface area contributed by atoms with Crippen LogP contribution in [0.5, 0.6) is 0 Å². The van der Waals surface area contributed by atoms with Crippen LogP contribution in [0.4, 0.5) is 0 Å². The van der Waals surface area contributed by atoms with Gasteiger partial charge < -0.3 is 5.32 Å². The van der Waals surface area contributed by atoms with Gasteiger partial charge in [0.05, 0.1) is 12.6 Å². The Kier molecular flexibility index (Phi) is 3.14. The maximum Gasteiger partial charge on any atom is 0.141 e. The van der Waals surface area contributed by atoms with Crippen LogP contribution in [0.3, 0.4) is 0 Å². The maximum atomic E-state index is 4.32. The Labute approximate surface area is 84.7 Å². The molecule has 0 aromatic carbocycles. The normalized spacial score (nSPS) is 18.6. The summed E-state index contributed by atoms with van der Waals surface area (Å²) in [5.74, 6) is 1.07. The topological polar surface area (TPSA) is 42.7 Å². The second kappa shape index (κ2) is 4.55. The quantitative estimate of drug-likeness (QED) is 0.793. The molecule has 0 aliphatic heterocycles. The fourth-order valence-electron chi connectivity index (χ4n) is 2.19. The van der Waals surface area contributed by atoms with E-state index in [0.29, 0.717) is 6.04 Å². The monoisotopic (exact) mass is 194 g/mol. The van der Waals surface area contributed by atoms with Crippen LogP contribution in [-0.2, 0) is 6.54 Å². The third kappa shape index (κ3) is 1.95. The summed E-state index contributed by atoms with van der Waals surface area (Å²) in [5.41, 5.74) is 0. The van der Waals surface area contributed by atoms with Gasteiger partial charge in [0.15, 0.2) is 0 Å². The van der Waals surface area contributed by atoms with Crippen LogP contribution in [0.25, 0.3) is 0 Å². The smallest absolute Gasteiger partial charge is 0.141 e. The highest BCUT2D eigenvalue weighted by Crippen LogP contribution is 2.27. The molecule has 14 heavy (non-hydrogen) atoms. The molecule has 0 saturated heterocycles. The molecular formula is C10H18N4. The van der Waals surface area contributed by atoms with E-state index < -0.39 is 0 Å². The van der Waals surface area contributed by atoms with Gasteiger partial charge in [-0.1, -0.05) is 19.3 Å². The van der Waals surface area contributed by atoms with Crippen molar-refractivity contribution in [2.45, 2.75) is 44.7 Å². The molecule has 1 aliphatic carbocycles. The van der Waals surface area contributed by atoms with Gasteiger partial charge in [0, 0.05) is 0 Å². The average molecular weight is 194 g/mol. The van der Waals surface area contributed by atoms with E-state index in [0.717, 1.165) is 12.4 Å². The van der Waals surface area contributed by atoms with E-state index in [2.05, 4.69) is 20.1 Å². The van der Waals surface area contributed by atoms with Crippen molar-refractivity contribution in [3.63, 3.8) is 0 Å². The first kappa shape index (κ1) is 9.65. The lowest BCUT2D eigenvalue weighted by atomic mass is 9.96. The van der Waals surface area contributed by atoms with Gasteiger partial charge in [-0.3, -0.25) is 0 Å². The summed E-state index contributed by atoms with van der Waals surface area (Å²) in [5, 5.41) is 7.45. The van der Waals surface area contributed by atoms with E-state index in [1.807, 2.05) is 7.05 Å². The minimum absolute atomic E-state index is 0.592. The van der Waals surface area contributed by atoms with Crippen LogP contribution >= 0.6 is 0 Å². The van der Waals surface area contributed by atoms with Crippen LogP contribution in [0, 0.1) is 0 Å². The van der Waals surface area contributed by atoms with Gasteiger partial charge in [0.2, 0.25) is 0 Å². The zero-order valence-electron chi connectivity index (χ0n) is 8.74. The highest BCUT2D eigenvalue weighted by molar-refractivity contribution is 4.88. The van der Waals surface area contributed by atoms with E-state index in [1.165, 1.54) is 32.1 Å². The van der Waals surface area contributed by atoms with Crippen LogP contribution in [0.1, 0.15) is 44.0 Å². The van der Waals surface area contributed by atoms with Gasteiger partial charge in [0.1, 0.15) is 12.2 Å². The Hall–Kier alpha value is -0.900. The lowest BCUT2D eigenvalue weighted by Crippen LogP contribution is -2.19. The molecular weight excluding hydrogens is 176 g/mol. The molecule has 1 aliphatic rings. The van der Waals surface area contributed by atoms with Crippen LogP contribution in [0.15, 0.2) is 6.33 Å². The van der Waals surface area contributed by atoms with Crippen molar-refractivity contribution in [2.24, 2.45) is 0 Å². The van der Waals surface area contributed by atoms with Crippen molar-refractivity contribution >= 4 is 0 Å². The molecule has 0 atom stereocenters. The minimum Gasteiger partial charge on any atom is -0.313 e. The first-order valence-electron chi connectivity index (χ1n) is 5.45. The molecule has 0 amide bonds. The van der Waals surface area contributed by atoms with Crippen molar-refractivity contribution in [1.82, 2.24) is 20.1 Å². The molecule has 1 aromatic rings. The van der Waals surface area contributed by atoms with Gasteiger partial charge in [-0.05, 0) is 19.9 Å². The van der Waals surface area contributed by atoms with E-state index in [4.69, 9.17) is 0 Å². The van der Waals surface area contributed by atoms with Gasteiger partial charge in [-0.25, -0.2) is 9.67 Å². The summed E-state index contributed by atoms with van der Waals surface area (Å²) in [6.45, 7) is 0.816. The fourth-order valence-corrected chi connectivity index (χ4v) is 2.19. The van der Waals surface area contributed by atoms with Crippen LogP contribution in [0.2, 0.25) is 0 Å². The Balaban J connectivity index is 2.09. The Morgan fingerprint density at radius 1 is 1.43 bits per heavy atom. The molecule has 78 valence electrons. The standard InChI is InChI=1S/C10H18N4/c1-11-7-10-12-8-13-14(10)9-5-3-2-4-6-9/h8-9,11H,2-7H2,1H3. The highest BCUT2D eigenvalue weighted by Gasteiger charge is 2.18. The largest absolute Gasteiger partial charge is 0.313 e. The molecule has 4 nitrogen and oxygen atoms in total. The number of nitrogens with one attached hydrogen (secondary N) is 1. The summed E-state index contributed by atoms with van der Waals surface area (Å²) in [4.78, 5) is 4.27. The molecule has 1 N–H and O–H groups in total. The predicted molar refractivity (Wildman–Crippen MR) is 54.9 cm³/mol. The summed E-state index contributed by atoms with van der Waals surface area (Å²) in [6.07, 6.45) is 8.25. The second-order valence-electron chi connectivity index (χ2n) is 3.94. The summed E-state index contributed by atoms with van der Waals surface area (Å²) >= 11 is 0. The zero-order chi connectivity index (χ0) is 9.80. The van der Waals surface area contributed by atoms with Crippen molar-refractivity contribution in [2.75, 3.05) is 7.05 Å². The molecule has 0 unspecified atom stereocenters. The van der Waals surface area contributed by atoms with Crippen LogP contribution in [-0.4, -0.2) is 21.8 Å². The van der Waals surface area contributed by atoms with Crippen molar-refractivity contribution < 1.29 is 0 Å². The van der Waals surface area contributed by atoms with Crippen molar-refractivity contribution in [3.8, 4) is 0 Å². The Bertz CT molecular complexity index is 275. The molecule has 0 spiro atoms. The molecule has 1 aromatic heterocycles. The van der Waals surface area contributed by atoms with Gasteiger partial charge in [-0.15, -0.1) is 0 Å². The molecule has 0 bridgehead atoms. The SMILES string of the molecule is CNCc1ncnn1C1CCCCC1. The van der Waals surface area contributed by atoms with Crippen molar-refractivity contribution in [3.05, 3.63) is 12.2 Å². The number of aromatic nitrogens is 3. The van der Waals surface area contributed by atoms with E-state index >= 15 is 0 Å².